The van der Waals surface area contributed by atoms with Gasteiger partial charge in [-0.2, -0.15) is 0 Å². The van der Waals surface area contributed by atoms with Gasteiger partial charge in [0.1, 0.15) is 6.10 Å². The number of hydrogen-bond donors (Lipinski definition) is 2. The highest BCUT2D eigenvalue weighted by Crippen LogP contribution is 2.63. The molecule has 0 amide bonds. The molecule has 3 fully saturated rings. The molecule has 5 unspecified atom stereocenters. The van der Waals surface area contributed by atoms with E-state index >= 15 is 0 Å². The second-order valence-corrected chi connectivity index (χ2v) is 8.73. The third-order valence-corrected chi connectivity index (χ3v) is 7.81. The van der Waals surface area contributed by atoms with Crippen LogP contribution in [0.25, 0.3) is 0 Å². The maximum atomic E-state index is 12.4. The smallest absolute Gasteiger partial charge is 0.167 e. The second kappa shape index (κ2) is 4.67. The lowest BCUT2D eigenvalue weighted by atomic mass is 9.48. The molecule has 0 bridgehead atoms. The molecule has 7 atom stereocenters. The van der Waals surface area contributed by atoms with Crippen molar-refractivity contribution >= 4 is 5.78 Å². The van der Waals surface area contributed by atoms with Gasteiger partial charge in [0, 0.05) is 5.41 Å². The van der Waals surface area contributed by atoms with E-state index in [0.717, 1.165) is 38.5 Å². The highest BCUT2D eigenvalue weighted by atomic mass is 16.3. The molecule has 0 saturated heterocycles. The largest absolute Gasteiger partial charge is 0.393 e. The van der Waals surface area contributed by atoms with Crippen molar-refractivity contribution in [1.29, 1.82) is 0 Å². The highest BCUT2D eigenvalue weighted by molar-refractivity contribution is 5.91. The van der Waals surface area contributed by atoms with E-state index in [9.17, 15) is 15.0 Å². The number of aliphatic hydroxyl groups is 2. The summed E-state index contributed by atoms with van der Waals surface area (Å²) in [5.41, 5.74) is 1.37. The minimum absolute atomic E-state index is 0.0925. The molecule has 4 rings (SSSR count). The molecule has 3 heteroatoms. The Labute approximate surface area is 132 Å². The zero-order chi connectivity index (χ0) is 15.7. The van der Waals surface area contributed by atoms with E-state index in [4.69, 9.17) is 0 Å². The van der Waals surface area contributed by atoms with E-state index in [0.29, 0.717) is 24.2 Å². The van der Waals surface area contributed by atoms with Crippen LogP contribution in [-0.4, -0.2) is 28.2 Å². The van der Waals surface area contributed by atoms with Gasteiger partial charge in [0.25, 0.3) is 0 Å². The molecule has 22 heavy (non-hydrogen) atoms. The molecule has 0 radical (unpaired) electrons. The quantitative estimate of drug-likeness (QED) is 0.677. The fraction of sp³-hybridized carbons (Fsp3) is 0.842. The maximum absolute atomic E-state index is 12.4. The highest BCUT2D eigenvalue weighted by Gasteiger charge is 2.60. The minimum Gasteiger partial charge on any atom is -0.393 e. The molecule has 0 aromatic rings. The molecule has 122 valence electrons. The Morgan fingerprint density at radius 3 is 2.59 bits per heavy atom. The first-order valence-electron chi connectivity index (χ1n) is 8.96. The Morgan fingerprint density at radius 1 is 1.09 bits per heavy atom. The van der Waals surface area contributed by atoms with Gasteiger partial charge in [0.05, 0.1) is 6.10 Å². The lowest BCUT2D eigenvalue weighted by molar-refractivity contribution is -0.136. The summed E-state index contributed by atoms with van der Waals surface area (Å²) in [6.45, 7) is 4.48. The Kier molecular flexibility index (Phi) is 3.16. The number of fused-ring (bicyclic) bond motifs is 5. The van der Waals surface area contributed by atoms with Gasteiger partial charge < -0.3 is 10.2 Å². The molecule has 2 N–H and O–H groups in total. The molecule has 0 heterocycles. The van der Waals surface area contributed by atoms with Crippen molar-refractivity contribution in [1.82, 2.24) is 0 Å². The van der Waals surface area contributed by atoms with E-state index in [1.165, 1.54) is 5.57 Å². The normalized spacial score (nSPS) is 54.3. The summed E-state index contributed by atoms with van der Waals surface area (Å²) in [5, 5.41) is 20.1. The summed E-state index contributed by atoms with van der Waals surface area (Å²) < 4.78 is 0. The summed E-state index contributed by atoms with van der Waals surface area (Å²) in [5.74, 6) is 1.59. The van der Waals surface area contributed by atoms with E-state index in [1.54, 1.807) is 0 Å². The van der Waals surface area contributed by atoms with E-state index in [-0.39, 0.29) is 22.7 Å². The van der Waals surface area contributed by atoms with Crippen molar-refractivity contribution in [2.75, 3.05) is 0 Å². The Bertz CT molecular complexity index is 539. The van der Waals surface area contributed by atoms with Gasteiger partial charge in [0.15, 0.2) is 5.78 Å². The third kappa shape index (κ3) is 1.78. The molecule has 0 aromatic carbocycles. The summed E-state index contributed by atoms with van der Waals surface area (Å²) >= 11 is 0. The van der Waals surface area contributed by atoms with Gasteiger partial charge in [-0.3, -0.25) is 4.79 Å². The van der Waals surface area contributed by atoms with Gasteiger partial charge in [-0.05, 0) is 68.1 Å². The van der Waals surface area contributed by atoms with E-state index in [2.05, 4.69) is 19.9 Å². The molecular weight excluding hydrogens is 276 g/mol. The SMILES string of the molecule is CC12CCC3C(CC=C4C[C@@H](O)CCC43C)C1C[C@@H](O)C2=O. The van der Waals surface area contributed by atoms with Crippen molar-refractivity contribution in [3.63, 3.8) is 0 Å². The van der Waals surface area contributed by atoms with Crippen LogP contribution >= 0.6 is 0 Å². The minimum atomic E-state index is -0.736. The Balaban J connectivity index is 1.70. The van der Waals surface area contributed by atoms with Crippen LogP contribution in [0, 0.1) is 28.6 Å². The summed E-state index contributed by atoms with van der Waals surface area (Å²) in [6.07, 6.45) is 8.00. The van der Waals surface area contributed by atoms with Crippen LogP contribution < -0.4 is 0 Å². The van der Waals surface area contributed by atoms with Crippen molar-refractivity contribution < 1.29 is 15.0 Å². The predicted molar refractivity (Wildman–Crippen MR) is 84.1 cm³/mol. The lowest BCUT2D eigenvalue weighted by Crippen LogP contribution is -2.50. The fourth-order valence-electron chi connectivity index (χ4n) is 6.43. The molecule has 4 aliphatic rings. The zero-order valence-corrected chi connectivity index (χ0v) is 13.7. The molecule has 0 aliphatic heterocycles. The number of hydrogen-bond acceptors (Lipinski definition) is 3. The third-order valence-electron chi connectivity index (χ3n) is 7.81. The lowest BCUT2D eigenvalue weighted by Gasteiger charge is -2.56. The first kappa shape index (κ1) is 14.9. The van der Waals surface area contributed by atoms with Gasteiger partial charge >= 0.3 is 0 Å². The number of carbonyl (C=O) groups excluding carboxylic acids is 1. The van der Waals surface area contributed by atoms with Crippen LogP contribution in [0.1, 0.15) is 58.8 Å². The monoisotopic (exact) mass is 304 g/mol. The summed E-state index contributed by atoms with van der Waals surface area (Å²) in [7, 11) is 0. The van der Waals surface area contributed by atoms with Crippen LogP contribution in [0.5, 0.6) is 0 Å². The number of Topliss-reactive ketones (excluding diaryl/α,β-unsaturated/α-hetero) is 1. The van der Waals surface area contributed by atoms with Crippen LogP contribution in [0.4, 0.5) is 0 Å². The number of rotatable bonds is 0. The number of carbonyl (C=O) groups is 1. The number of allylic oxidation sites excluding steroid dienone is 1. The fourth-order valence-corrected chi connectivity index (χ4v) is 6.43. The Hall–Kier alpha value is -0.670. The number of aliphatic hydroxyl groups excluding tert-OH is 2. The maximum Gasteiger partial charge on any atom is 0.167 e. The van der Waals surface area contributed by atoms with E-state index in [1.807, 2.05) is 0 Å². The van der Waals surface area contributed by atoms with Gasteiger partial charge in [-0.25, -0.2) is 0 Å². The molecular formula is C19H28O3. The Morgan fingerprint density at radius 2 is 1.82 bits per heavy atom. The first-order valence-corrected chi connectivity index (χ1v) is 8.96. The first-order chi connectivity index (χ1) is 10.4. The standard InChI is InChI=1S/C19H28O3/c1-18-7-5-12(20)9-11(18)3-4-13-14(18)6-8-19(2)15(13)10-16(21)17(19)22/h3,12-16,20-21H,4-10H2,1-2H3/t12-,13?,14?,15?,16+,18?,19?/m0/s1. The van der Waals surface area contributed by atoms with Crippen molar-refractivity contribution in [2.24, 2.45) is 28.6 Å². The van der Waals surface area contributed by atoms with E-state index < -0.39 is 6.10 Å². The van der Waals surface area contributed by atoms with Crippen molar-refractivity contribution in [3.8, 4) is 0 Å². The molecule has 0 spiro atoms. The van der Waals surface area contributed by atoms with Gasteiger partial charge in [-0.15, -0.1) is 0 Å². The topological polar surface area (TPSA) is 57.5 Å². The van der Waals surface area contributed by atoms with Gasteiger partial charge in [0.2, 0.25) is 0 Å². The molecule has 3 nitrogen and oxygen atoms in total. The average Bonchev–Trinajstić information content (AvgIpc) is 2.72. The predicted octanol–water partition coefficient (Wildman–Crippen LogP) is 2.85. The molecule has 0 aromatic heterocycles. The van der Waals surface area contributed by atoms with Crippen LogP contribution in [0.2, 0.25) is 0 Å². The molecule has 4 aliphatic carbocycles. The van der Waals surface area contributed by atoms with Gasteiger partial charge in [-0.1, -0.05) is 25.5 Å². The summed E-state index contributed by atoms with van der Waals surface area (Å²) in [6, 6.07) is 0. The second-order valence-electron chi connectivity index (χ2n) is 8.73. The van der Waals surface area contributed by atoms with Crippen molar-refractivity contribution in [3.05, 3.63) is 11.6 Å². The average molecular weight is 304 g/mol. The zero-order valence-electron chi connectivity index (χ0n) is 13.7. The van der Waals surface area contributed by atoms with Crippen LogP contribution in [0.15, 0.2) is 11.6 Å². The summed E-state index contributed by atoms with van der Waals surface area (Å²) in [4.78, 5) is 12.4. The number of ketones is 1. The van der Waals surface area contributed by atoms with Crippen molar-refractivity contribution in [2.45, 2.75) is 71.0 Å². The molecule has 3 saturated carbocycles. The van der Waals surface area contributed by atoms with Crippen LogP contribution in [0.3, 0.4) is 0 Å². The van der Waals surface area contributed by atoms with Crippen LogP contribution in [-0.2, 0) is 4.79 Å².